The molecular weight excluding hydrogens is 322 g/mol. The summed E-state index contributed by atoms with van der Waals surface area (Å²) in [4.78, 5) is 23.5. The number of rotatable bonds is 4. The van der Waals surface area contributed by atoms with E-state index in [9.17, 15) is 14.7 Å². The minimum absolute atomic E-state index is 0.201. The summed E-state index contributed by atoms with van der Waals surface area (Å²) < 4.78 is 0.874. The minimum Gasteiger partial charge on any atom is -0.481 e. The van der Waals surface area contributed by atoms with Crippen LogP contribution in [0.5, 0.6) is 0 Å². The van der Waals surface area contributed by atoms with Gasteiger partial charge >= 0.3 is 5.97 Å². The summed E-state index contributed by atoms with van der Waals surface area (Å²) in [6.45, 7) is 2.15. The third-order valence-electron chi connectivity index (χ3n) is 4.04. The third kappa shape index (κ3) is 3.03. The minimum atomic E-state index is -0.805. The van der Waals surface area contributed by atoms with Crippen LogP contribution in [0.1, 0.15) is 41.6 Å². The molecule has 0 aliphatic heterocycles. The van der Waals surface area contributed by atoms with Crippen molar-refractivity contribution in [3.63, 3.8) is 0 Å². The lowest BCUT2D eigenvalue weighted by molar-refractivity contribution is -0.148. The summed E-state index contributed by atoms with van der Waals surface area (Å²) >= 11 is 3.39. The van der Waals surface area contributed by atoms with E-state index in [0.717, 1.165) is 22.9 Å². The number of carboxylic acid groups (broad SMARTS) is 1. The zero-order valence-electron chi connectivity index (χ0n) is 11.4. The van der Waals surface area contributed by atoms with Crippen LogP contribution < -0.4 is 5.32 Å². The van der Waals surface area contributed by atoms with Gasteiger partial charge in [0.15, 0.2) is 0 Å². The zero-order valence-corrected chi connectivity index (χ0v) is 13.0. The standard InChI is InChI=1S/C15H18BrNO3/c1-10-4-5-11(8-12(10)16)13(18)17-9-15(14(19)20)6-2-3-7-15/h4-5,8H,2-3,6-7,9H2,1H3,(H,17,18)(H,19,20). The molecule has 0 radical (unpaired) electrons. The molecule has 1 aromatic rings. The average Bonchev–Trinajstić information content (AvgIpc) is 2.89. The maximum atomic E-state index is 12.1. The Bertz CT molecular complexity index is 536. The van der Waals surface area contributed by atoms with E-state index in [2.05, 4.69) is 21.2 Å². The van der Waals surface area contributed by atoms with Crippen molar-refractivity contribution >= 4 is 27.8 Å². The molecule has 1 amide bonds. The highest BCUT2D eigenvalue weighted by Crippen LogP contribution is 2.37. The second-order valence-corrected chi connectivity index (χ2v) is 6.29. The molecule has 2 rings (SSSR count). The Balaban J connectivity index is 2.04. The Hall–Kier alpha value is -1.36. The fourth-order valence-corrected chi connectivity index (χ4v) is 2.98. The van der Waals surface area contributed by atoms with Gasteiger partial charge in [-0.3, -0.25) is 9.59 Å². The maximum absolute atomic E-state index is 12.1. The molecule has 1 saturated carbocycles. The van der Waals surface area contributed by atoms with Gasteiger partial charge in [0.2, 0.25) is 0 Å². The van der Waals surface area contributed by atoms with Crippen LogP contribution in [0.4, 0.5) is 0 Å². The van der Waals surface area contributed by atoms with Gasteiger partial charge in [0, 0.05) is 16.6 Å². The maximum Gasteiger partial charge on any atom is 0.311 e. The molecule has 1 aliphatic rings. The summed E-state index contributed by atoms with van der Waals surface area (Å²) in [6.07, 6.45) is 3.11. The van der Waals surface area contributed by atoms with Crippen molar-refractivity contribution in [3.8, 4) is 0 Å². The van der Waals surface area contributed by atoms with Crippen molar-refractivity contribution in [2.75, 3.05) is 6.54 Å². The van der Waals surface area contributed by atoms with Gasteiger partial charge in [0.1, 0.15) is 0 Å². The van der Waals surface area contributed by atoms with E-state index in [0.29, 0.717) is 18.4 Å². The lowest BCUT2D eigenvalue weighted by Gasteiger charge is -2.24. The molecule has 1 aromatic carbocycles. The highest BCUT2D eigenvalue weighted by Gasteiger charge is 2.41. The molecule has 0 saturated heterocycles. The number of aliphatic carboxylic acids is 1. The molecule has 0 bridgehead atoms. The van der Waals surface area contributed by atoms with Gasteiger partial charge in [-0.1, -0.05) is 34.8 Å². The van der Waals surface area contributed by atoms with Gasteiger partial charge in [-0.2, -0.15) is 0 Å². The SMILES string of the molecule is Cc1ccc(C(=O)NCC2(C(=O)O)CCCC2)cc1Br. The van der Waals surface area contributed by atoms with Crippen LogP contribution in [0.3, 0.4) is 0 Å². The average molecular weight is 340 g/mol. The first-order valence-electron chi connectivity index (χ1n) is 6.72. The van der Waals surface area contributed by atoms with E-state index in [1.807, 2.05) is 13.0 Å². The van der Waals surface area contributed by atoms with Crippen molar-refractivity contribution in [1.82, 2.24) is 5.32 Å². The van der Waals surface area contributed by atoms with Gasteiger partial charge in [-0.05, 0) is 37.5 Å². The number of benzene rings is 1. The van der Waals surface area contributed by atoms with E-state index in [4.69, 9.17) is 0 Å². The largest absolute Gasteiger partial charge is 0.481 e. The van der Waals surface area contributed by atoms with Crippen LogP contribution in [0.25, 0.3) is 0 Å². The Kier molecular flexibility index (Phi) is 4.48. The lowest BCUT2D eigenvalue weighted by Crippen LogP contribution is -2.41. The van der Waals surface area contributed by atoms with Crippen LogP contribution in [0, 0.1) is 12.3 Å². The van der Waals surface area contributed by atoms with Crippen molar-refractivity contribution < 1.29 is 14.7 Å². The number of carbonyl (C=O) groups is 2. The van der Waals surface area contributed by atoms with E-state index in [1.54, 1.807) is 12.1 Å². The number of hydrogen-bond acceptors (Lipinski definition) is 2. The number of nitrogens with one attached hydrogen (secondary N) is 1. The van der Waals surface area contributed by atoms with Crippen LogP contribution in [0.15, 0.2) is 22.7 Å². The molecule has 20 heavy (non-hydrogen) atoms. The highest BCUT2D eigenvalue weighted by molar-refractivity contribution is 9.10. The number of carboxylic acids is 1. The Morgan fingerprint density at radius 3 is 2.55 bits per heavy atom. The van der Waals surface area contributed by atoms with Gasteiger partial charge < -0.3 is 10.4 Å². The Morgan fingerprint density at radius 2 is 2.00 bits per heavy atom. The summed E-state index contributed by atoms with van der Waals surface area (Å²) in [5.74, 6) is -1.03. The summed E-state index contributed by atoms with van der Waals surface area (Å²) in [6, 6.07) is 5.37. The van der Waals surface area contributed by atoms with E-state index in [1.165, 1.54) is 0 Å². The van der Waals surface area contributed by atoms with Crippen molar-refractivity contribution in [1.29, 1.82) is 0 Å². The van der Waals surface area contributed by atoms with E-state index in [-0.39, 0.29) is 12.5 Å². The summed E-state index contributed by atoms with van der Waals surface area (Å²) in [5, 5.41) is 12.1. The molecular formula is C15H18BrNO3. The molecule has 1 fully saturated rings. The summed E-state index contributed by atoms with van der Waals surface area (Å²) in [5.41, 5.74) is 0.817. The van der Waals surface area contributed by atoms with Crippen LogP contribution in [-0.2, 0) is 4.79 Å². The van der Waals surface area contributed by atoms with Crippen molar-refractivity contribution in [3.05, 3.63) is 33.8 Å². The van der Waals surface area contributed by atoms with Crippen LogP contribution in [0.2, 0.25) is 0 Å². The van der Waals surface area contributed by atoms with E-state index >= 15 is 0 Å². The van der Waals surface area contributed by atoms with Crippen LogP contribution in [-0.4, -0.2) is 23.5 Å². The van der Waals surface area contributed by atoms with Gasteiger partial charge in [0.25, 0.3) is 5.91 Å². The van der Waals surface area contributed by atoms with Crippen molar-refractivity contribution in [2.45, 2.75) is 32.6 Å². The monoisotopic (exact) mass is 339 g/mol. The molecule has 2 N–H and O–H groups in total. The Morgan fingerprint density at radius 1 is 1.35 bits per heavy atom. The topological polar surface area (TPSA) is 66.4 Å². The number of aryl methyl sites for hydroxylation is 1. The molecule has 0 unspecified atom stereocenters. The second kappa shape index (κ2) is 5.95. The fourth-order valence-electron chi connectivity index (χ4n) is 2.60. The predicted octanol–water partition coefficient (Wildman–Crippen LogP) is 3.13. The quantitative estimate of drug-likeness (QED) is 0.885. The van der Waals surface area contributed by atoms with Gasteiger partial charge in [0.05, 0.1) is 5.41 Å². The molecule has 5 heteroatoms. The number of carbonyl (C=O) groups excluding carboxylic acids is 1. The molecule has 1 aliphatic carbocycles. The zero-order chi connectivity index (χ0) is 14.8. The smallest absolute Gasteiger partial charge is 0.311 e. The lowest BCUT2D eigenvalue weighted by atomic mass is 9.86. The Labute approximate surface area is 126 Å². The normalized spacial score (nSPS) is 16.9. The predicted molar refractivity (Wildman–Crippen MR) is 79.7 cm³/mol. The molecule has 0 heterocycles. The van der Waals surface area contributed by atoms with Gasteiger partial charge in [-0.15, -0.1) is 0 Å². The molecule has 0 spiro atoms. The first kappa shape index (κ1) is 15.0. The second-order valence-electron chi connectivity index (χ2n) is 5.44. The number of hydrogen-bond donors (Lipinski definition) is 2. The first-order valence-corrected chi connectivity index (χ1v) is 7.52. The van der Waals surface area contributed by atoms with Crippen molar-refractivity contribution in [2.24, 2.45) is 5.41 Å². The molecule has 108 valence electrons. The third-order valence-corrected chi connectivity index (χ3v) is 4.89. The summed E-state index contributed by atoms with van der Waals surface area (Å²) in [7, 11) is 0. The molecule has 0 aromatic heterocycles. The molecule has 4 nitrogen and oxygen atoms in total. The number of amides is 1. The first-order chi connectivity index (χ1) is 9.44. The fraction of sp³-hybridized carbons (Fsp3) is 0.467. The van der Waals surface area contributed by atoms with Gasteiger partial charge in [-0.25, -0.2) is 0 Å². The number of halogens is 1. The van der Waals surface area contributed by atoms with Crippen LogP contribution >= 0.6 is 15.9 Å². The van der Waals surface area contributed by atoms with E-state index < -0.39 is 11.4 Å². The molecule has 0 atom stereocenters. The highest BCUT2D eigenvalue weighted by atomic mass is 79.9.